The molecule has 0 aromatic heterocycles. The predicted molar refractivity (Wildman–Crippen MR) is 76.3 cm³/mol. The zero-order valence-corrected chi connectivity index (χ0v) is 12.2. The number of carbonyl (C=O) groups is 2. The summed E-state index contributed by atoms with van der Waals surface area (Å²) < 4.78 is 4.93. The number of carbonyl (C=O) groups excluding carboxylic acids is 1. The maximum absolute atomic E-state index is 11.7. The molecule has 0 saturated carbocycles. The van der Waals surface area contributed by atoms with Gasteiger partial charge in [-0.2, -0.15) is 0 Å². The normalized spacial score (nSPS) is 12.5. The van der Waals surface area contributed by atoms with E-state index in [-0.39, 0.29) is 19.6 Å². The molecule has 116 valence electrons. The van der Waals surface area contributed by atoms with Gasteiger partial charge in [-0.1, -0.05) is 38.3 Å². The molecule has 2 N–H and O–H groups in total. The van der Waals surface area contributed by atoms with Crippen LogP contribution in [0.2, 0.25) is 0 Å². The van der Waals surface area contributed by atoms with Crippen LogP contribution >= 0.6 is 0 Å². The highest BCUT2D eigenvalue weighted by molar-refractivity contribution is 5.80. The number of unbranched alkanes of at least 4 members (excludes halogenated alkanes) is 4. The molecule has 0 spiro atoms. The number of rotatable bonds is 12. The average molecular weight is 286 g/mol. The monoisotopic (exact) mass is 286 g/mol. The molecule has 0 aliphatic heterocycles. The first-order valence-electron chi connectivity index (χ1n) is 7.27. The van der Waals surface area contributed by atoms with E-state index in [0.717, 1.165) is 19.3 Å². The van der Waals surface area contributed by atoms with Crippen molar-refractivity contribution in [3.05, 3.63) is 12.2 Å². The van der Waals surface area contributed by atoms with Crippen molar-refractivity contribution in [3.63, 3.8) is 0 Å². The van der Waals surface area contributed by atoms with Gasteiger partial charge < -0.3 is 14.9 Å². The number of carboxylic acid groups (broad SMARTS) is 1. The van der Waals surface area contributed by atoms with E-state index in [1.165, 1.54) is 12.8 Å². The molecule has 0 aromatic carbocycles. The Labute approximate surface area is 120 Å². The predicted octanol–water partition coefficient (Wildman–Crippen LogP) is 2.53. The molecule has 0 rings (SSSR count). The molecular weight excluding hydrogens is 260 g/mol. The Morgan fingerprint density at radius 1 is 1.20 bits per heavy atom. The second-order valence-electron chi connectivity index (χ2n) is 4.73. The number of carboxylic acids is 1. The molecule has 0 radical (unpaired) electrons. The smallest absolute Gasteiger partial charge is 0.313 e. The highest BCUT2D eigenvalue weighted by atomic mass is 16.5. The van der Waals surface area contributed by atoms with Gasteiger partial charge in [-0.25, -0.2) is 0 Å². The maximum Gasteiger partial charge on any atom is 0.313 e. The fraction of sp³-hybridized carbons (Fsp3) is 0.733. The van der Waals surface area contributed by atoms with Gasteiger partial charge in [-0.3, -0.25) is 9.59 Å². The lowest BCUT2D eigenvalue weighted by Gasteiger charge is -2.10. The number of hydrogen-bond acceptors (Lipinski definition) is 4. The third-order valence-electron chi connectivity index (χ3n) is 2.84. The third-order valence-corrected chi connectivity index (χ3v) is 2.84. The molecule has 0 heterocycles. The average Bonchev–Trinajstić information content (AvgIpc) is 2.41. The molecule has 0 amide bonds. The Hall–Kier alpha value is -1.36. The van der Waals surface area contributed by atoms with E-state index in [1.807, 2.05) is 6.08 Å². The van der Waals surface area contributed by atoms with E-state index in [2.05, 4.69) is 6.92 Å². The number of aliphatic hydroxyl groups excluding tert-OH is 1. The summed E-state index contributed by atoms with van der Waals surface area (Å²) in [6.07, 6.45) is 8.99. The van der Waals surface area contributed by atoms with Crippen molar-refractivity contribution < 1.29 is 24.5 Å². The van der Waals surface area contributed by atoms with Gasteiger partial charge in [0.2, 0.25) is 0 Å². The van der Waals surface area contributed by atoms with Crippen LogP contribution in [0.3, 0.4) is 0 Å². The molecule has 5 nitrogen and oxygen atoms in total. The number of aliphatic carboxylic acids is 1. The quantitative estimate of drug-likeness (QED) is 0.327. The molecule has 1 unspecified atom stereocenters. The summed E-state index contributed by atoms with van der Waals surface area (Å²) in [7, 11) is 0. The van der Waals surface area contributed by atoms with Crippen LogP contribution < -0.4 is 0 Å². The molecule has 0 aliphatic rings. The van der Waals surface area contributed by atoms with Gasteiger partial charge in [0.05, 0.1) is 18.9 Å². The Bertz CT molecular complexity index is 299. The number of allylic oxidation sites excluding steroid dienone is 1. The van der Waals surface area contributed by atoms with Crippen LogP contribution in [0.4, 0.5) is 0 Å². The molecule has 20 heavy (non-hydrogen) atoms. The van der Waals surface area contributed by atoms with Crippen molar-refractivity contribution in [2.24, 2.45) is 5.92 Å². The highest BCUT2D eigenvalue weighted by Gasteiger charge is 2.20. The van der Waals surface area contributed by atoms with Gasteiger partial charge in [0.15, 0.2) is 0 Å². The summed E-state index contributed by atoms with van der Waals surface area (Å²) >= 11 is 0. The van der Waals surface area contributed by atoms with Crippen LogP contribution in [-0.4, -0.2) is 35.4 Å². The molecule has 0 bridgehead atoms. The van der Waals surface area contributed by atoms with E-state index in [9.17, 15) is 9.59 Å². The van der Waals surface area contributed by atoms with Crippen LogP contribution in [-0.2, 0) is 14.3 Å². The molecular formula is C15H26O5. The fourth-order valence-corrected chi connectivity index (χ4v) is 1.71. The van der Waals surface area contributed by atoms with Crippen molar-refractivity contribution in [2.45, 2.75) is 51.9 Å². The highest BCUT2D eigenvalue weighted by Crippen LogP contribution is 2.11. The molecule has 0 saturated heterocycles. The summed E-state index contributed by atoms with van der Waals surface area (Å²) in [6.45, 7) is 2.21. The van der Waals surface area contributed by atoms with Crippen molar-refractivity contribution in [3.8, 4) is 0 Å². The van der Waals surface area contributed by atoms with E-state index in [4.69, 9.17) is 14.9 Å². The molecule has 0 fully saturated rings. The number of ether oxygens (including phenoxy) is 1. The standard InChI is InChI=1S/C15H26O5/c1-2-3-4-5-6-7-9-13(12-14(17)18)15(19)20-11-8-10-16/h7,9,13,16H,2-6,8,10-12H2,1H3,(H,17,18)/b9-7+. The zero-order valence-electron chi connectivity index (χ0n) is 12.2. The Morgan fingerprint density at radius 2 is 1.95 bits per heavy atom. The summed E-state index contributed by atoms with van der Waals surface area (Å²) in [5.41, 5.74) is 0. The fourth-order valence-electron chi connectivity index (χ4n) is 1.71. The summed E-state index contributed by atoms with van der Waals surface area (Å²) in [4.78, 5) is 22.4. The van der Waals surface area contributed by atoms with Crippen molar-refractivity contribution >= 4 is 11.9 Å². The molecule has 5 heteroatoms. The van der Waals surface area contributed by atoms with Crippen molar-refractivity contribution in [1.82, 2.24) is 0 Å². The van der Waals surface area contributed by atoms with E-state index in [1.54, 1.807) is 6.08 Å². The van der Waals surface area contributed by atoms with E-state index < -0.39 is 17.9 Å². The summed E-state index contributed by atoms with van der Waals surface area (Å²) in [6, 6.07) is 0. The van der Waals surface area contributed by atoms with Gasteiger partial charge in [-0.15, -0.1) is 0 Å². The Balaban J connectivity index is 4.15. The van der Waals surface area contributed by atoms with Crippen molar-refractivity contribution in [1.29, 1.82) is 0 Å². The van der Waals surface area contributed by atoms with Crippen LogP contribution in [0, 0.1) is 5.92 Å². The van der Waals surface area contributed by atoms with Gasteiger partial charge in [0.1, 0.15) is 0 Å². The first-order valence-corrected chi connectivity index (χ1v) is 7.27. The molecule has 0 aromatic rings. The summed E-state index contributed by atoms with van der Waals surface area (Å²) in [5.74, 6) is -2.30. The minimum Gasteiger partial charge on any atom is -0.481 e. The molecule has 1 atom stereocenters. The van der Waals surface area contributed by atoms with Gasteiger partial charge in [0, 0.05) is 13.0 Å². The lowest BCUT2D eigenvalue weighted by molar-refractivity contribution is -0.151. The van der Waals surface area contributed by atoms with Gasteiger partial charge >= 0.3 is 11.9 Å². The third kappa shape index (κ3) is 10.6. The Kier molecular flexibility index (Phi) is 11.8. The zero-order chi connectivity index (χ0) is 15.2. The van der Waals surface area contributed by atoms with Gasteiger partial charge in [-0.05, 0) is 12.8 Å². The number of esters is 1. The second kappa shape index (κ2) is 12.7. The molecule has 0 aliphatic carbocycles. The first kappa shape index (κ1) is 18.6. The second-order valence-corrected chi connectivity index (χ2v) is 4.73. The van der Waals surface area contributed by atoms with E-state index in [0.29, 0.717) is 6.42 Å². The number of aliphatic hydroxyl groups is 1. The van der Waals surface area contributed by atoms with Gasteiger partial charge in [0.25, 0.3) is 0 Å². The lowest BCUT2D eigenvalue weighted by atomic mass is 10.0. The summed E-state index contributed by atoms with van der Waals surface area (Å²) in [5, 5.41) is 17.4. The van der Waals surface area contributed by atoms with Crippen molar-refractivity contribution in [2.75, 3.05) is 13.2 Å². The lowest BCUT2D eigenvalue weighted by Crippen LogP contribution is -2.20. The minimum absolute atomic E-state index is 0.0514. The minimum atomic E-state index is -1.02. The van der Waals surface area contributed by atoms with Crippen LogP contribution in [0.5, 0.6) is 0 Å². The maximum atomic E-state index is 11.7. The SMILES string of the molecule is CCCCCC/C=C/C(CC(=O)O)C(=O)OCCCO. The Morgan fingerprint density at radius 3 is 2.55 bits per heavy atom. The number of hydrogen-bond donors (Lipinski definition) is 2. The first-order chi connectivity index (χ1) is 9.61. The largest absolute Gasteiger partial charge is 0.481 e. The van der Waals surface area contributed by atoms with Crippen LogP contribution in [0.15, 0.2) is 12.2 Å². The van der Waals surface area contributed by atoms with Crippen LogP contribution in [0.1, 0.15) is 51.9 Å². The topological polar surface area (TPSA) is 83.8 Å². The van der Waals surface area contributed by atoms with E-state index >= 15 is 0 Å². The van der Waals surface area contributed by atoms with Crippen LogP contribution in [0.25, 0.3) is 0 Å².